The zero-order valence-corrected chi connectivity index (χ0v) is 22.7. The first kappa shape index (κ1) is 28.2. The Kier molecular flexibility index (Phi) is 8.70. The summed E-state index contributed by atoms with van der Waals surface area (Å²) in [4.78, 5) is 66.7. The van der Waals surface area contributed by atoms with Gasteiger partial charge in [-0.1, -0.05) is 54.2 Å². The summed E-state index contributed by atoms with van der Waals surface area (Å²) < 4.78 is 1.48. The van der Waals surface area contributed by atoms with Crippen molar-refractivity contribution in [2.45, 2.75) is 11.7 Å². The number of nitrogens with one attached hydrogen (secondary N) is 1. The molecule has 0 aliphatic heterocycles. The average Bonchev–Trinajstić information content (AvgIpc) is 2.97. The molecule has 40 heavy (non-hydrogen) atoms. The van der Waals surface area contributed by atoms with Crippen molar-refractivity contribution in [2.75, 3.05) is 25.2 Å². The number of anilines is 1. The van der Waals surface area contributed by atoms with Gasteiger partial charge in [-0.05, 0) is 30.3 Å². The van der Waals surface area contributed by atoms with Crippen molar-refractivity contribution in [3.63, 3.8) is 0 Å². The van der Waals surface area contributed by atoms with Gasteiger partial charge >= 0.3 is 0 Å². The number of hydrogen-bond acceptors (Lipinski definition) is 7. The van der Waals surface area contributed by atoms with Crippen LogP contribution in [0.15, 0.2) is 89.3 Å². The quantitative estimate of drug-likeness (QED) is 0.141. The molecule has 1 aliphatic carbocycles. The highest BCUT2D eigenvalue weighted by Crippen LogP contribution is 2.29. The lowest BCUT2D eigenvalue weighted by Crippen LogP contribution is -2.24. The molecule has 1 N–H and O–H groups in total. The number of fused-ring (bicyclic) bond motifs is 3. The number of rotatable bonds is 7. The van der Waals surface area contributed by atoms with Crippen molar-refractivity contribution >= 4 is 52.2 Å². The van der Waals surface area contributed by atoms with Gasteiger partial charge in [-0.2, -0.15) is 0 Å². The number of ketones is 2. The smallest absolute Gasteiger partial charge is 0.262 e. The lowest BCUT2D eigenvalue weighted by molar-refractivity contribution is -0.116. The molecule has 4 aromatic rings. The van der Waals surface area contributed by atoms with E-state index in [0.717, 1.165) is 18.2 Å². The summed E-state index contributed by atoms with van der Waals surface area (Å²) in [6.07, 6.45) is 2.35. The van der Waals surface area contributed by atoms with Crippen LogP contribution in [-0.4, -0.2) is 58.2 Å². The molecule has 0 fully saturated rings. The average molecular weight is 555 g/mol. The summed E-state index contributed by atoms with van der Waals surface area (Å²) in [7, 11) is 3.38. The van der Waals surface area contributed by atoms with Crippen LogP contribution >= 0.6 is 11.8 Å². The topological polar surface area (TPSA) is 118 Å². The maximum Gasteiger partial charge on any atom is 0.262 e. The SMILES string of the molecule is C=CCn1c(SCC(=O)Nc2ccc3c(c2)C(=O)c2ccccc2C3=O)nc2ccccc2c1=O.CN(C)C=O. The van der Waals surface area contributed by atoms with Crippen LogP contribution in [0.5, 0.6) is 0 Å². The first-order valence-corrected chi connectivity index (χ1v) is 13.2. The molecule has 0 atom stereocenters. The summed E-state index contributed by atoms with van der Waals surface area (Å²) in [6, 6.07) is 18.4. The van der Waals surface area contributed by atoms with E-state index in [1.54, 1.807) is 80.8 Å². The molecule has 0 bridgehead atoms. The van der Waals surface area contributed by atoms with E-state index in [4.69, 9.17) is 0 Å². The van der Waals surface area contributed by atoms with Crippen molar-refractivity contribution in [3.05, 3.63) is 112 Å². The van der Waals surface area contributed by atoms with E-state index in [0.29, 0.717) is 38.4 Å². The summed E-state index contributed by atoms with van der Waals surface area (Å²) in [5.74, 6) is -0.812. The second-order valence-electron chi connectivity index (χ2n) is 8.99. The van der Waals surface area contributed by atoms with Crippen LogP contribution in [0.2, 0.25) is 0 Å². The van der Waals surface area contributed by atoms with Gasteiger partial charge in [0.15, 0.2) is 16.7 Å². The second kappa shape index (κ2) is 12.4. The number of hydrogen-bond donors (Lipinski definition) is 1. The molecule has 0 spiro atoms. The third kappa shape index (κ3) is 5.92. The van der Waals surface area contributed by atoms with E-state index < -0.39 is 0 Å². The standard InChI is InChI=1S/C27H19N3O4S.C3H7NO/c1-2-13-30-26(34)20-9-5-6-10-22(20)29-27(30)35-15-23(31)28-16-11-12-19-21(14-16)25(33)18-8-4-3-7-17(18)24(19)32;1-4(2)3-5/h2-12,14H,1,13,15H2,(H,28,31);3H,1-2H3. The van der Waals surface area contributed by atoms with Crippen LogP contribution in [0, 0.1) is 0 Å². The van der Waals surface area contributed by atoms with Gasteiger partial charge in [0.25, 0.3) is 5.56 Å². The van der Waals surface area contributed by atoms with E-state index in [1.807, 2.05) is 0 Å². The van der Waals surface area contributed by atoms with Gasteiger partial charge in [-0.15, -0.1) is 6.58 Å². The monoisotopic (exact) mass is 554 g/mol. The molecule has 9 nitrogen and oxygen atoms in total. The lowest BCUT2D eigenvalue weighted by Gasteiger charge is -2.18. The van der Waals surface area contributed by atoms with Gasteiger partial charge in [0.2, 0.25) is 12.3 Å². The van der Waals surface area contributed by atoms with Crippen molar-refractivity contribution in [2.24, 2.45) is 0 Å². The summed E-state index contributed by atoms with van der Waals surface area (Å²) >= 11 is 1.13. The molecule has 0 saturated heterocycles. The Bertz CT molecular complexity index is 1710. The van der Waals surface area contributed by atoms with Crippen molar-refractivity contribution in [3.8, 4) is 0 Å². The molecule has 10 heteroatoms. The Morgan fingerprint density at radius 1 is 0.950 bits per heavy atom. The number of allylic oxidation sites excluding steroid dienone is 1. The molecule has 2 amide bonds. The molecule has 1 aliphatic rings. The first-order chi connectivity index (χ1) is 19.2. The van der Waals surface area contributed by atoms with E-state index in [1.165, 1.54) is 15.5 Å². The maximum absolute atomic E-state index is 12.9. The van der Waals surface area contributed by atoms with E-state index in [-0.39, 0.29) is 40.9 Å². The first-order valence-electron chi connectivity index (χ1n) is 12.2. The molecular weight excluding hydrogens is 528 g/mol. The van der Waals surface area contributed by atoms with Crippen molar-refractivity contribution in [1.82, 2.24) is 14.5 Å². The molecule has 202 valence electrons. The Morgan fingerprint density at radius 3 is 2.20 bits per heavy atom. The third-order valence-electron chi connectivity index (χ3n) is 5.89. The molecule has 0 saturated carbocycles. The molecular formula is C30H26N4O5S. The lowest BCUT2D eigenvalue weighted by atomic mass is 9.84. The minimum Gasteiger partial charge on any atom is -0.351 e. The van der Waals surface area contributed by atoms with E-state index >= 15 is 0 Å². The molecule has 1 aromatic heterocycles. The van der Waals surface area contributed by atoms with Crippen LogP contribution in [0.25, 0.3) is 10.9 Å². The number of thioether (sulfide) groups is 1. The number of para-hydroxylation sites is 1. The zero-order chi connectivity index (χ0) is 28.8. The number of amides is 2. The number of carbonyl (C=O) groups is 4. The van der Waals surface area contributed by atoms with Gasteiger partial charge in [-0.25, -0.2) is 4.98 Å². The van der Waals surface area contributed by atoms with Gasteiger partial charge in [0.05, 0.1) is 16.7 Å². The van der Waals surface area contributed by atoms with E-state index in [2.05, 4.69) is 16.9 Å². The predicted molar refractivity (Wildman–Crippen MR) is 155 cm³/mol. The van der Waals surface area contributed by atoms with Gasteiger partial charge in [0, 0.05) is 48.6 Å². The molecule has 0 radical (unpaired) electrons. The van der Waals surface area contributed by atoms with E-state index in [9.17, 15) is 24.0 Å². The minimum atomic E-state index is -0.336. The van der Waals surface area contributed by atoms with Crippen molar-refractivity contribution < 1.29 is 19.2 Å². The Labute approximate surface area is 234 Å². The highest BCUT2D eigenvalue weighted by Gasteiger charge is 2.29. The largest absolute Gasteiger partial charge is 0.351 e. The minimum absolute atomic E-state index is 0.00524. The Hall–Kier alpha value is -4.83. The fourth-order valence-corrected chi connectivity index (χ4v) is 4.86. The fourth-order valence-electron chi connectivity index (χ4n) is 4.05. The van der Waals surface area contributed by atoms with Crippen molar-refractivity contribution in [1.29, 1.82) is 0 Å². The molecule has 1 heterocycles. The van der Waals surface area contributed by atoms with Crippen LogP contribution in [0.4, 0.5) is 5.69 Å². The number of benzene rings is 3. The normalized spacial score (nSPS) is 11.6. The van der Waals surface area contributed by atoms with Gasteiger partial charge in [0.1, 0.15) is 0 Å². The Balaban J connectivity index is 0.000000681. The molecule has 5 rings (SSSR count). The maximum atomic E-state index is 12.9. The van der Waals surface area contributed by atoms with Gasteiger partial charge in [-0.3, -0.25) is 28.5 Å². The summed E-state index contributed by atoms with van der Waals surface area (Å²) in [5.41, 5.74) is 2.07. The number of nitrogens with zero attached hydrogens (tertiary/aromatic N) is 3. The van der Waals surface area contributed by atoms with Crippen LogP contribution in [0.1, 0.15) is 31.8 Å². The number of carbonyl (C=O) groups excluding carboxylic acids is 4. The second-order valence-corrected chi connectivity index (χ2v) is 9.93. The van der Waals surface area contributed by atoms with Gasteiger partial charge < -0.3 is 10.2 Å². The zero-order valence-electron chi connectivity index (χ0n) is 21.9. The number of aromatic nitrogens is 2. The molecule has 0 unspecified atom stereocenters. The fraction of sp³-hybridized carbons (Fsp3) is 0.133. The third-order valence-corrected chi connectivity index (χ3v) is 6.87. The van der Waals surface area contributed by atoms with Crippen LogP contribution < -0.4 is 10.9 Å². The highest BCUT2D eigenvalue weighted by atomic mass is 32.2. The van der Waals surface area contributed by atoms with Crippen LogP contribution in [-0.2, 0) is 16.1 Å². The molecule has 3 aromatic carbocycles. The van der Waals surface area contributed by atoms with Crippen LogP contribution in [0.3, 0.4) is 0 Å². The summed E-state index contributed by atoms with van der Waals surface area (Å²) in [6.45, 7) is 3.97. The summed E-state index contributed by atoms with van der Waals surface area (Å²) in [5, 5.41) is 3.67. The Morgan fingerprint density at radius 2 is 1.55 bits per heavy atom. The predicted octanol–water partition coefficient (Wildman–Crippen LogP) is 3.79. The highest BCUT2D eigenvalue weighted by molar-refractivity contribution is 7.99.